The Hall–Kier alpha value is -2.52. The third-order valence-corrected chi connectivity index (χ3v) is 11.5. The van der Waals surface area contributed by atoms with Crippen molar-refractivity contribution in [1.29, 1.82) is 0 Å². The minimum Gasteiger partial charge on any atom is -0.324 e. The minimum atomic E-state index is -4.59. The number of fused-ring (bicyclic) bond motifs is 6. The van der Waals surface area contributed by atoms with Crippen LogP contribution in [0.1, 0.15) is 67.5 Å². The number of anilines is 1. The predicted octanol–water partition coefficient (Wildman–Crippen LogP) is 7.52. The van der Waals surface area contributed by atoms with E-state index < -0.39 is 17.6 Å². The minimum absolute atomic E-state index is 0.0350. The first kappa shape index (κ1) is 26.7. The van der Waals surface area contributed by atoms with Crippen LogP contribution in [0.3, 0.4) is 0 Å². The van der Waals surface area contributed by atoms with E-state index in [4.69, 9.17) is 0 Å². The van der Waals surface area contributed by atoms with Gasteiger partial charge in [-0.05, 0) is 65.7 Å². The molecule has 5 unspecified atom stereocenters. The highest BCUT2D eigenvalue weighted by molar-refractivity contribution is 8.00. The summed E-state index contributed by atoms with van der Waals surface area (Å²) in [4.78, 5) is 27.0. The zero-order valence-corrected chi connectivity index (χ0v) is 23.7. The molecule has 2 aliphatic carbocycles. The number of hydrogen-bond donors (Lipinski definition) is 1. The molecule has 39 heavy (non-hydrogen) atoms. The number of nitrogens with zero attached hydrogens (tertiary/aromatic N) is 1. The molecule has 1 amide bonds. The van der Waals surface area contributed by atoms with Gasteiger partial charge < -0.3 is 5.32 Å². The van der Waals surface area contributed by atoms with Gasteiger partial charge in [-0.1, -0.05) is 68.5 Å². The van der Waals surface area contributed by atoms with E-state index in [9.17, 15) is 22.8 Å². The Morgan fingerprint density at radius 3 is 2.41 bits per heavy atom. The number of halogens is 3. The normalized spacial score (nSPS) is 25.8. The Labute approximate surface area is 234 Å². The summed E-state index contributed by atoms with van der Waals surface area (Å²) >= 11 is 2.90. The van der Waals surface area contributed by atoms with Crippen molar-refractivity contribution < 1.29 is 18.0 Å². The monoisotopic (exact) mass is 572 g/mol. The van der Waals surface area contributed by atoms with Crippen molar-refractivity contribution in [2.24, 2.45) is 17.8 Å². The summed E-state index contributed by atoms with van der Waals surface area (Å²) in [5.74, 6) is 1.10. The van der Waals surface area contributed by atoms with Crippen LogP contribution in [0.5, 0.6) is 0 Å². The van der Waals surface area contributed by atoms with Crippen LogP contribution in [0.25, 0.3) is 0 Å². The fraction of sp³-hybridized carbons (Fsp3) is 0.467. The van der Waals surface area contributed by atoms with Crippen molar-refractivity contribution >= 4 is 34.7 Å². The van der Waals surface area contributed by atoms with Gasteiger partial charge in [0.15, 0.2) is 0 Å². The second-order valence-electron chi connectivity index (χ2n) is 12.1. The fourth-order valence-electron chi connectivity index (χ4n) is 6.82. The Balaban J connectivity index is 1.35. The number of carbonyl (C=O) groups excluding carboxylic acids is 1. The standard InChI is InChI=1S/C30H31F3N2O2S2/c1-29(2,3)19-12-10-16(11-13-19)23-24-17-8-9-18(14-17)25(24)38-27-26(23)39-28(37)35(27)15-22(36)34-21-7-5-4-6-20(21)30(31,32)33/h4-7,10-13,17-18,23-25H,8-9,14-15H2,1-3H3,(H,34,36). The first-order chi connectivity index (χ1) is 18.4. The van der Waals surface area contributed by atoms with Crippen molar-refractivity contribution in [1.82, 2.24) is 4.57 Å². The number of para-hydroxylation sites is 1. The molecule has 0 saturated heterocycles. The lowest BCUT2D eigenvalue weighted by Gasteiger charge is -2.40. The molecule has 206 valence electrons. The van der Waals surface area contributed by atoms with Crippen LogP contribution in [0.4, 0.5) is 18.9 Å². The highest BCUT2D eigenvalue weighted by atomic mass is 32.2. The molecule has 9 heteroatoms. The maximum absolute atomic E-state index is 13.4. The van der Waals surface area contributed by atoms with E-state index in [1.165, 1.54) is 64.5 Å². The average Bonchev–Trinajstić information content (AvgIpc) is 3.56. The molecular formula is C30H31F3N2O2S2. The van der Waals surface area contributed by atoms with Crippen molar-refractivity contribution in [2.45, 2.75) is 74.4 Å². The van der Waals surface area contributed by atoms with Gasteiger partial charge in [0, 0.05) is 16.0 Å². The topological polar surface area (TPSA) is 51.1 Å². The lowest BCUT2D eigenvalue weighted by atomic mass is 9.74. The maximum atomic E-state index is 13.4. The molecule has 3 aliphatic rings. The second-order valence-corrected chi connectivity index (χ2v) is 14.2. The number of aromatic nitrogens is 1. The van der Waals surface area contributed by atoms with Crippen LogP contribution in [-0.2, 0) is 22.9 Å². The zero-order valence-electron chi connectivity index (χ0n) is 22.0. The number of benzene rings is 2. The van der Waals surface area contributed by atoms with E-state index in [-0.39, 0.29) is 28.4 Å². The van der Waals surface area contributed by atoms with Gasteiger partial charge in [-0.25, -0.2) is 0 Å². The summed E-state index contributed by atoms with van der Waals surface area (Å²) in [7, 11) is 0. The predicted molar refractivity (Wildman–Crippen MR) is 150 cm³/mol. The quantitative estimate of drug-likeness (QED) is 0.352. The van der Waals surface area contributed by atoms with Gasteiger partial charge in [-0.2, -0.15) is 13.2 Å². The Morgan fingerprint density at radius 1 is 1.03 bits per heavy atom. The average molecular weight is 573 g/mol. The van der Waals surface area contributed by atoms with Crippen LogP contribution in [0.15, 0.2) is 58.4 Å². The lowest BCUT2D eigenvalue weighted by molar-refractivity contribution is -0.137. The van der Waals surface area contributed by atoms with Gasteiger partial charge in [0.05, 0.1) is 16.3 Å². The molecule has 5 atom stereocenters. The van der Waals surface area contributed by atoms with Crippen LogP contribution in [0, 0.1) is 17.8 Å². The van der Waals surface area contributed by atoms with Crippen LogP contribution < -0.4 is 10.2 Å². The summed E-state index contributed by atoms with van der Waals surface area (Å²) in [5, 5.41) is 3.58. The fourth-order valence-corrected chi connectivity index (χ4v) is 9.97. The van der Waals surface area contributed by atoms with Crippen molar-refractivity contribution in [3.63, 3.8) is 0 Å². The van der Waals surface area contributed by atoms with E-state index in [0.717, 1.165) is 16.0 Å². The first-order valence-corrected chi connectivity index (χ1v) is 15.1. The Morgan fingerprint density at radius 2 is 1.72 bits per heavy atom. The molecule has 1 aromatic heterocycles. The molecule has 4 nitrogen and oxygen atoms in total. The summed E-state index contributed by atoms with van der Waals surface area (Å²) in [6, 6.07) is 13.7. The van der Waals surface area contributed by atoms with Crippen LogP contribution in [-0.4, -0.2) is 15.7 Å². The molecule has 2 saturated carbocycles. The Kier molecular flexibility index (Phi) is 6.53. The molecular weight excluding hydrogens is 541 g/mol. The van der Waals surface area contributed by atoms with Gasteiger partial charge in [0.2, 0.25) is 5.91 Å². The molecule has 0 spiro atoms. The number of amides is 1. The maximum Gasteiger partial charge on any atom is 0.418 e. The second kappa shape index (κ2) is 9.54. The smallest absolute Gasteiger partial charge is 0.324 e. The number of hydrogen-bond acceptors (Lipinski definition) is 4. The van der Waals surface area contributed by atoms with E-state index in [2.05, 4.69) is 50.4 Å². The van der Waals surface area contributed by atoms with Crippen molar-refractivity contribution in [3.05, 3.63) is 79.8 Å². The van der Waals surface area contributed by atoms with E-state index >= 15 is 0 Å². The number of carbonyl (C=O) groups is 1. The number of alkyl halides is 3. The zero-order chi connectivity index (χ0) is 27.7. The molecule has 3 aromatic rings. The van der Waals surface area contributed by atoms with Gasteiger partial charge in [0.1, 0.15) is 6.54 Å². The Bertz CT molecular complexity index is 1470. The third kappa shape index (κ3) is 4.75. The summed E-state index contributed by atoms with van der Waals surface area (Å²) < 4.78 is 41.8. The van der Waals surface area contributed by atoms with Gasteiger partial charge in [-0.3, -0.25) is 14.2 Å². The van der Waals surface area contributed by atoms with E-state index in [1.807, 2.05) is 0 Å². The molecule has 0 radical (unpaired) electrons. The lowest BCUT2D eigenvalue weighted by Crippen LogP contribution is -2.35. The first-order valence-electron chi connectivity index (χ1n) is 13.4. The number of nitrogens with one attached hydrogen (secondary N) is 1. The van der Waals surface area contributed by atoms with E-state index in [1.54, 1.807) is 11.8 Å². The molecule has 2 fully saturated rings. The van der Waals surface area contributed by atoms with Crippen LogP contribution in [0.2, 0.25) is 0 Å². The third-order valence-electron chi connectivity index (χ3n) is 8.63. The molecule has 1 aliphatic heterocycles. The summed E-state index contributed by atoms with van der Waals surface area (Å²) in [6.07, 6.45) is -0.987. The number of thiazole rings is 1. The summed E-state index contributed by atoms with van der Waals surface area (Å²) in [5.41, 5.74) is 1.28. The van der Waals surface area contributed by atoms with Crippen molar-refractivity contribution in [3.8, 4) is 0 Å². The van der Waals surface area contributed by atoms with Crippen molar-refractivity contribution in [2.75, 3.05) is 5.32 Å². The molecule has 2 heterocycles. The van der Waals surface area contributed by atoms with Gasteiger partial charge in [0.25, 0.3) is 0 Å². The molecule has 2 aromatic carbocycles. The summed E-state index contributed by atoms with van der Waals surface area (Å²) in [6.45, 7) is 6.25. The van der Waals surface area contributed by atoms with Crippen LogP contribution >= 0.6 is 23.1 Å². The molecule has 1 N–H and O–H groups in total. The number of rotatable bonds is 4. The molecule has 2 bridgehead atoms. The largest absolute Gasteiger partial charge is 0.418 e. The SMILES string of the molecule is CC(C)(C)c1ccc(C2c3sc(=O)n(CC(=O)Nc4ccccc4C(F)(F)F)c3SC3C4CCC(C4)C23)cc1. The highest BCUT2D eigenvalue weighted by Gasteiger charge is 2.55. The van der Waals surface area contributed by atoms with Gasteiger partial charge in [-0.15, -0.1) is 11.8 Å². The highest BCUT2D eigenvalue weighted by Crippen LogP contribution is 2.64. The number of thioether (sulfide) groups is 1. The van der Waals surface area contributed by atoms with Gasteiger partial charge >= 0.3 is 11.0 Å². The molecule has 6 rings (SSSR count). The van der Waals surface area contributed by atoms with E-state index in [0.29, 0.717) is 23.0 Å².